The zero-order chi connectivity index (χ0) is 15.1. The Morgan fingerprint density at radius 3 is 3.00 bits per heavy atom. The number of anilines is 1. The standard InChI is InChI=1S/C15H19N5O2/c1-10-8-19(9-15-16-17-18-20(15)11-3-4-11)13-7-12(21-2)5-6-14(13)22-10/h5-7,10-11H,3-4,8-9H2,1-2H3/t10-/m0/s1. The van der Waals surface area contributed by atoms with Gasteiger partial charge in [0.05, 0.1) is 31.9 Å². The molecular formula is C15H19N5O2. The molecule has 1 saturated carbocycles. The summed E-state index contributed by atoms with van der Waals surface area (Å²) in [5.74, 6) is 2.61. The Bertz CT molecular complexity index is 682. The van der Waals surface area contributed by atoms with Crippen LogP contribution in [0.25, 0.3) is 0 Å². The van der Waals surface area contributed by atoms with Gasteiger partial charge in [-0.1, -0.05) is 0 Å². The SMILES string of the molecule is COc1ccc2c(c1)N(Cc1nnnn1C1CC1)C[C@H](C)O2. The Morgan fingerprint density at radius 1 is 1.36 bits per heavy atom. The maximum absolute atomic E-state index is 5.92. The Hall–Kier alpha value is -2.31. The fraction of sp³-hybridized carbons (Fsp3) is 0.533. The quantitative estimate of drug-likeness (QED) is 0.858. The van der Waals surface area contributed by atoms with Crippen molar-refractivity contribution in [3.63, 3.8) is 0 Å². The number of fused-ring (bicyclic) bond motifs is 1. The summed E-state index contributed by atoms with van der Waals surface area (Å²) in [6.45, 7) is 3.55. The van der Waals surface area contributed by atoms with Gasteiger partial charge in [0.15, 0.2) is 5.82 Å². The zero-order valence-corrected chi connectivity index (χ0v) is 12.8. The van der Waals surface area contributed by atoms with E-state index < -0.39 is 0 Å². The lowest BCUT2D eigenvalue weighted by Gasteiger charge is -2.34. The molecule has 0 unspecified atom stereocenters. The molecule has 7 nitrogen and oxygen atoms in total. The van der Waals surface area contributed by atoms with Crippen molar-refractivity contribution in [2.45, 2.75) is 38.5 Å². The van der Waals surface area contributed by atoms with Crippen LogP contribution in [0.2, 0.25) is 0 Å². The average molecular weight is 301 g/mol. The van der Waals surface area contributed by atoms with Gasteiger partial charge >= 0.3 is 0 Å². The largest absolute Gasteiger partial charge is 0.497 e. The van der Waals surface area contributed by atoms with Crippen molar-refractivity contribution in [1.82, 2.24) is 20.2 Å². The lowest BCUT2D eigenvalue weighted by molar-refractivity contribution is 0.211. The summed E-state index contributed by atoms with van der Waals surface area (Å²) < 4.78 is 13.2. The normalized spacial score (nSPS) is 20.5. The molecule has 0 amide bonds. The molecule has 7 heteroatoms. The maximum atomic E-state index is 5.92. The number of tetrazole rings is 1. The fourth-order valence-corrected chi connectivity index (χ4v) is 2.87. The summed E-state index contributed by atoms with van der Waals surface area (Å²) >= 11 is 0. The van der Waals surface area contributed by atoms with E-state index in [9.17, 15) is 0 Å². The fourth-order valence-electron chi connectivity index (χ4n) is 2.87. The molecule has 1 atom stereocenters. The van der Waals surface area contributed by atoms with Gasteiger partial charge in [-0.15, -0.1) is 5.10 Å². The smallest absolute Gasteiger partial charge is 0.170 e. The predicted octanol–water partition coefficient (Wildman–Crippen LogP) is 1.80. The molecule has 2 aromatic rings. The van der Waals surface area contributed by atoms with Gasteiger partial charge in [0.1, 0.15) is 17.6 Å². The molecule has 1 aliphatic heterocycles. The minimum Gasteiger partial charge on any atom is -0.497 e. The average Bonchev–Trinajstić information content (AvgIpc) is 3.27. The lowest BCUT2D eigenvalue weighted by Crippen LogP contribution is -2.38. The molecule has 0 spiro atoms. The lowest BCUT2D eigenvalue weighted by atomic mass is 10.2. The van der Waals surface area contributed by atoms with Crippen LogP contribution < -0.4 is 14.4 Å². The van der Waals surface area contributed by atoms with E-state index in [0.29, 0.717) is 12.6 Å². The molecule has 0 saturated heterocycles. The molecule has 0 radical (unpaired) electrons. The number of nitrogens with zero attached hydrogens (tertiary/aromatic N) is 5. The van der Waals surface area contributed by atoms with Crippen molar-refractivity contribution >= 4 is 5.69 Å². The Morgan fingerprint density at radius 2 is 2.23 bits per heavy atom. The molecule has 2 heterocycles. The van der Waals surface area contributed by atoms with Crippen LogP contribution in [-0.4, -0.2) is 40.0 Å². The van der Waals surface area contributed by atoms with Gasteiger partial charge in [-0.05, 0) is 42.3 Å². The number of hydrogen-bond acceptors (Lipinski definition) is 6. The first-order valence-corrected chi connectivity index (χ1v) is 7.61. The molecule has 1 aromatic carbocycles. The van der Waals surface area contributed by atoms with E-state index in [0.717, 1.165) is 29.6 Å². The van der Waals surface area contributed by atoms with Crippen molar-refractivity contribution in [2.75, 3.05) is 18.6 Å². The molecule has 4 rings (SSSR count). The summed E-state index contributed by atoms with van der Waals surface area (Å²) in [6, 6.07) is 6.37. The van der Waals surface area contributed by atoms with Gasteiger partial charge in [0.2, 0.25) is 0 Å². The first-order valence-electron chi connectivity index (χ1n) is 7.61. The topological polar surface area (TPSA) is 65.3 Å². The first kappa shape index (κ1) is 13.4. The molecule has 116 valence electrons. The molecule has 0 bridgehead atoms. The number of methoxy groups -OCH3 is 1. The van der Waals surface area contributed by atoms with Crippen LogP contribution in [0.5, 0.6) is 11.5 Å². The monoisotopic (exact) mass is 301 g/mol. The van der Waals surface area contributed by atoms with Gasteiger partial charge in [0, 0.05) is 6.07 Å². The third-order valence-corrected chi connectivity index (χ3v) is 4.10. The van der Waals surface area contributed by atoms with E-state index >= 15 is 0 Å². The van der Waals surface area contributed by atoms with Crippen LogP contribution in [-0.2, 0) is 6.54 Å². The Labute approximate surface area is 128 Å². The number of hydrogen-bond donors (Lipinski definition) is 0. The van der Waals surface area contributed by atoms with E-state index in [1.54, 1.807) is 7.11 Å². The number of rotatable bonds is 4. The second kappa shape index (κ2) is 5.15. The Balaban J connectivity index is 1.65. The van der Waals surface area contributed by atoms with Crippen LogP contribution in [0.3, 0.4) is 0 Å². The van der Waals surface area contributed by atoms with Crippen LogP contribution in [0, 0.1) is 0 Å². The zero-order valence-electron chi connectivity index (χ0n) is 12.8. The Kier molecular flexibility index (Phi) is 3.13. The van der Waals surface area contributed by atoms with Gasteiger partial charge < -0.3 is 14.4 Å². The van der Waals surface area contributed by atoms with Gasteiger partial charge in [0.25, 0.3) is 0 Å². The molecule has 22 heavy (non-hydrogen) atoms. The highest BCUT2D eigenvalue weighted by atomic mass is 16.5. The molecule has 2 aliphatic rings. The number of aromatic nitrogens is 4. The van der Waals surface area contributed by atoms with E-state index in [-0.39, 0.29) is 6.10 Å². The third-order valence-electron chi connectivity index (χ3n) is 4.10. The maximum Gasteiger partial charge on any atom is 0.170 e. The van der Waals surface area contributed by atoms with Gasteiger partial charge in [-0.3, -0.25) is 0 Å². The van der Waals surface area contributed by atoms with Crippen molar-refractivity contribution in [2.24, 2.45) is 0 Å². The predicted molar refractivity (Wildman–Crippen MR) is 80.2 cm³/mol. The van der Waals surface area contributed by atoms with Crippen molar-refractivity contribution < 1.29 is 9.47 Å². The highest BCUT2D eigenvalue weighted by Gasteiger charge is 2.30. The van der Waals surface area contributed by atoms with E-state index in [1.807, 2.05) is 22.9 Å². The summed E-state index contributed by atoms with van der Waals surface area (Å²) in [5, 5.41) is 12.2. The highest BCUT2D eigenvalue weighted by molar-refractivity contribution is 5.63. The van der Waals surface area contributed by atoms with Crippen LogP contribution in [0.1, 0.15) is 31.6 Å². The first-order chi connectivity index (χ1) is 10.7. The molecule has 1 aromatic heterocycles. The minimum absolute atomic E-state index is 0.131. The second-order valence-electron chi connectivity index (χ2n) is 5.91. The van der Waals surface area contributed by atoms with Crippen LogP contribution in [0.4, 0.5) is 5.69 Å². The summed E-state index contributed by atoms with van der Waals surface area (Å²) in [7, 11) is 1.67. The summed E-state index contributed by atoms with van der Waals surface area (Å²) in [6.07, 6.45) is 2.47. The molecule has 1 aliphatic carbocycles. The van der Waals surface area contributed by atoms with E-state index in [1.165, 1.54) is 12.8 Å². The number of benzene rings is 1. The van der Waals surface area contributed by atoms with Crippen molar-refractivity contribution in [1.29, 1.82) is 0 Å². The van der Waals surface area contributed by atoms with Crippen molar-refractivity contribution in [3.05, 3.63) is 24.0 Å². The molecule has 0 N–H and O–H groups in total. The molecular weight excluding hydrogens is 282 g/mol. The highest BCUT2D eigenvalue weighted by Crippen LogP contribution is 2.38. The summed E-state index contributed by atoms with van der Waals surface area (Å²) in [5.41, 5.74) is 1.03. The van der Waals surface area contributed by atoms with Gasteiger partial charge in [-0.2, -0.15) is 0 Å². The van der Waals surface area contributed by atoms with Crippen molar-refractivity contribution in [3.8, 4) is 11.5 Å². The second-order valence-corrected chi connectivity index (χ2v) is 5.91. The van der Waals surface area contributed by atoms with Crippen LogP contribution in [0.15, 0.2) is 18.2 Å². The minimum atomic E-state index is 0.131. The molecule has 1 fully saturated rings. The number of ether oxygens (including phenoxy) is 2. The van der Waals surface area contributed by atoms with Crippen LogP contribution >= 0.6 is 0 Å². The summed E-state index contributed by atoms with van der Waals surface area (Å²) in [4.78, 5) is 2.26. The van der Waals surface area contributed by atoms with E-state index in [4.69, 9.17) is 9.47 Å². The van der Waals surface area contributed by atoms with E-state index in [2.05, 4.69) is 27.3 Å². The third kappa shape index (κ3) is 2.36. The van der Waals surface area contributed by atoms with Gasteiger partial charge in [-0.25, -0.2) is 4.68 Å².